The molecule has 0 aliphatic heterocycles. The van der Waals surface area contributed by atoms with Gasteiger partial charge in [-0.25, -0.2) is 0 Å². The summed E-state index contributed by atoms with van der Waals surface area (Å²) in [7, 11) is 0. The molecule has 1 rings (SSSR count). The van der Waals surface area contributed by atoms with Crippen molar-refractivity contribution in [3.8, 4) is 0 Å². The van der Waals surface area contributed by atoms with Crippen LogP contribution in [0.2, 0.25) is 0 Å². The van der Waals surface area contributed by atoms with Crippen molar-refractivity contribution < 1.29 is 0 Å². The van der Waals surface area contributed by atoms with Crippen LogP contribution in [0.25, 0.3) is 0 Å². The first-order valence-electron chi connectivity index (χ1n) is 5.52. The van der Waals surface area contributed by atoms with E-state index in [0.717, 1.165) is 12.0 Å². The third-order valence-electron chi connectivity index (χ3n) is 2.75. The SMILES string of the molecule is CC(C)CCCCNC1CCC1. The fourth-order valence-corrected chi connectivity index (χ4v) is 1.60. The van der Waals surface area contributed by atoms with Crippen LogP contribution in [0.1, 0.15) is 52.4 Å². The maximum Gasteiger partial charge on any atom is 0.00670 e. The van der Waals surface area contributed by atoms with Gasteiger partial charge in [0.25, 0.3) is 0 Å². The molecule has 12 heavy (non-hydrogen) atoms. The van der Waals surface area contributed by atoms with Gasteiger partial charge in [-0.15, -0.1) is 0 Å². The molecule has 1 saturated carbocycles. The van der Waals surface area contributed by atoms with Crippen LogP contribution in [0.4, 0.5) is 0 Å². The Labute approximate surface area is 76.9 Å². The van der Waals surface area contributed by atoms with Crippen LogP contribution in [0.5, 0.6) is 0 Å². The molecule has 0 atom stereocenters. The van der Waals surface area contributed by atoms with E-state index in [1.807, 2.05) is 0 Å². The van der Waals surface area contributed by atoms with Gasteiger partial charge in [-0.2, -0.15) is 0 Å². The highest BCUT2D eigenvalue weighted by molar-refractivity contribution is 4.75. The van der Waals surface area contributed by atoms with Gasteiger partial charge in [-0.1, -0.05) is 33.1 Å². The van der Waals surface area contributed by atoms with Crippen molar-refractivity contribution in [2.75, 3.05) is 6.54 Å². The van der Waals surface area contributed by atoms with Crippen LogP contribution < -0.4 is 5.32 Å². The average molecular weight is 169 g/mol. The topological polar surface area (TPSA) is 12.0 Å². The van der Waals surface area contributed by atoms with Crippen molar-refractivity contribution in [1.82, 2.24) is 5.32 Å². The third-order valence-corrected chi connectivity index (χ3v) is 2.75. The molecule has 1 nitrogen and oxygen atoms in total. The maximum atomic E-state index is 3.59. The van der Waals surface area contributed by atoms with E-state index in [1.165, 1.54) is 45.1 Å². The van der Waals surface area contributed by atoms with E-state index in [9.17, 15) is 0 Å². The lowest BCUT2D eigenvalue weighted by molar-refractivity contribution is 0.335. The summed E-state index contributed by atoms with van der Waals surface area (Å²) in [5.41, 5.74) is 0. The molecule has 1 N–H and O–H groups in total. The molecule has 0 bridgehead atoms. The maximum absolute atomic E-state index is 3.59. The molecule has 1 aliphatic rings. The molecule has 0 saturated heterocycles. The second-order valence-corrected chi connectivity index (χ2v) is 4.47. The summed E-state index contributed by atoms with van der Waals surface area (Å²) < 4.78 is 0. The molecule has 1 fully saturated rings. The Morgan fingerprint density at radius 1 is 1.25 bits per heavy atom. The van der Waals surface area contributed by atoms with E-state index >= 15 is 0 Å². The second-order valence-electron chi connectivity index (χ2n) is 4.47. The lowest BCUT2D eigenvalue weighted by atomic mass is 9.93. The van der Waals surface area contributed by atoms with Crippen molar-refractivity contribution in [2.24, 2.45) is 5.92 Å². The zero-order valence-electron chi connectivity index (χ0n) is 8.60. The summed E-state index contributed by atoms with van der Waals surface area (Å²) in [6, 6.07) is 0.879. The highest BCUT2D eigenvalue weighted by Gasteiger charge is 2.15. The Kier molecular flexibility index (Phi) is 4.67. The largest absolute Gasteiger partial charge is 0.314 e. The molecule has 0 unspecified atom stereocenters. The van der Waals surface area contributed by atoms with Crippen LogP contribution in [0.3, 0.4) is 0 Å². The summed E-state index contributed by atoms with van der Waals surface area (Å²) in [6.45, 7) is 5.86. The molecule has 0 aromatic rings. The van der Waals surface area contributed by atoms with Crippen LogP contribution in [-0.4, -0.2) is 12.6 Å². The molecular weight excluding hydrogens is 146 g/mol. The monoisotopic (exact) mass is 169 g/mol. The normalized spacial score (nSPS) is 18.2. The molecule has 0 amide bonds. The fraction of sp³-hybridized carbons (Fsp3) is 1.00. The van der Waals surface area contributed by atoms with E-state index < -0.39 is 0 Å². The molecule has 1 aliphatic carbocycles. The number of hydrogen-bond donors (Lipinski definition) is 1. The highest BCUT2D eigenvalue weighted by atomic mass is 14.9. The first-order valence-corrected chi connectivity index (χ1v) is 5.52. The predicted octanol–water partition coefficient (Wildman–Crippen LogP) is 2.95. The quantitative estimate of drug-likeness (QED) is 0.603. The average Bonchev–Trinajstić information content (AvgIpc) is 1.92. The summed E-state index contributed by atoms with van der Waals surface area (Å²) >= 11 is 0. The Bertz CT molecular complexity index is 106. The Balaban J connectivity index is 1.76. The van der Waals surface area contributed by atoms with Gasteiger partial charge in [0.2, 0.25) is 0 Å². The molecule has 72 valence electrons. The van der Waals surface area contributed by atoms with Crippen molar-refractivity contribution in [3.05, 3.63) is 0 Å². The van der Waals surface area contributed by atoms with Gasteiger partial charge in [-0.05, 0) is 31.7 Å². The van der Waals surface area contributed by atoms with Crippen molar-refractivity contribution in [1.29, 1.82) is 0 Å². The van der Waals surface area contributed by atoms with Gasteiger partial charge in [0.05, 0.1) is 0 Å². The first kappa shape index (κ1) is 10.0. The minimum Gasteiger partial charge on any atom is -0.314 e. The van der Waals surface area contributed by atoms with Crippen molar-refractivity contribution in [3.63, 3.8) is 0 Å². The van der Waals surface area contributed by atoms with Crippen LogP contribution in [-0.2, 0) is 0 Å². The van der Waals surface area contributed by atoms with E-state index in [0.29, 0.717) is 0 Å². The minimum atomic E-state index is 0.879. The summed E-state index contributed by atoms with van der Waals surface area (Å²) in [5.74, 6) is 0.883. The Morgan fingerprint density at radius 3 is 2.50 bits per heavy atom. The summed E-state index contributed by atoms with van der Waals surface area (Å²) in [5, 5.41) is 3.59. The Morgan fingerprint density at radius 2 is 2.00 bits per heavy atom. The lowest BCUT2D eigenvalue weighted by Gasteiger charge is -2.26. The van der Waals surface area contributed by atoms with Crippen molar-refractivity contribution >= 4 is 0 Å². The molecule has 0 spiro atoms. The van der Waals surface area contributed by atoms with Gasteiger partial charge in [-0.3, -0.25) is 0 Å². The van der Waals surface area contributed by atoms with Gasteiger partial charge in [0.15, 0.2) is 0 Å². The molecule has 0 heterocycles. The highest BCUT2D eigenvalue weighted by Crippen LogP contribution is 2.17. The lowest BCUT2D eigenvalue weighted by Crippen LogP contribution is -2.35. The van der Waals surface area contributed by atoms with E-state index in [1.54, 1.807) is 0 Å². The zero-order valence-corrected chi connectivity index (χ0v) is 8.60. The molecular formula is C11H23N. The predicted molar refractivity (Wildman–Crippen MR) is 54.3 cm³/mol. The van der Waals surface area contributed by atoms with Crippen LogP contribution in [0, 0.1) is 5.92 Å². The molecule has 0 aromatic carbocycles. The Hall–Kier alpha value is -0.0400. The van der Waals surface area contributed by atoms with Crippen LogP contribution >= 0.6 is 0 Å². The van der Waals surface area contributed by atoms with Crippen molar-refractivity contribution in [2.45, 2.75) is 58.4 Å². The van der Waals surface area contributed by atoms with Gasteiger partial charge in [0.1, 0.15) is 0 Å². The first-order chi connectivity index (χ1) is 5.79. The molecule has 0 aromatic heterocycles. The summed E-state index contributed by atoms with van der Waals surface area (Å²) in [6.07, 6.45) is 8.45. The van der Waals surface area contributed by atoms with Gasteiger partial charge < -0.3 is 5.32 Å². The number of hydrogen-bond acceptors (Lipinski definition) is 1. The number of rotatable bonds is 6. The zero-order chi connectivity index (χ0) is 8.81. The second kappa shape index (κ2) is 5.58. The minimum absolute atomic E-state index is 0.879. The number of unbranched alkanes of at least 4 members (excludes halogenated alkanes) is 1. The van der Waals surface area contributed by atoms with Crippen LogP contribution in [0.15, 0.2) is 0 Å². The summed E-state index contributed by atoms with van der Waals surface area (Å²) in [4.78, 5) is 0. The number of nitrogens with one attached hydrogen (secondary N) is 1. The smallest absolute Gasteiger partial charge is 0.00670 e. The standard InChI is InChI=1S/C11H23N/c1-10(2)6-3-4-9-12-11-7-5-8-11/h10-12H,3-9H2,1-2H3. The van der Waals surface area contributed by atoms with Gasteiger partial charge >= 0.3 is 0 Å². The van der Waals surface area contributed by atoms with E-state index in [2.05, 4.69) is 19.2 Å². The third kappa shape index (κ3) is 4.10. The van der Waals surface area contributed by atoms with Gasteiger partial charge in [0, 0.05) is 6.04 Å². The molecule has 1 heteroatoms. The van der Waals surface area contributed by atoms with E-state index in [4.69, 9.17) is 0 Å². The molecule has 0 radical (unpaired) electrons. The fourth-order valence-electron chi connectivity index (χ4n) is 1.60. The van der Waals surface area contributed by atoms with E-state index in [-0.39, 0.29) is 0 Å².